The van der Waals surface area contributed by atoms with Gasteiger partial charge in [-0.25, -0.2) is 0 Å². The van der Waals surface area contributed by atoms with Gasteiger partial charge in [-0.05, 0) is 32.6 Å². The lowest BCUT2D eigenvalue weighted by Crippen LogP contribution is -2.36. The summed E-state index contributed by atoms with van der Waals surface area (Å²) in [5.74, 6) is 1.43. The summed E-state index contributed by atoms with van der Waals surface area (Å²) in [4.78, 5) is 14.7. The summed E-state index contributed by atoms with van der Waals surface area (Å²) in [6.07, 6.45) is 7.94. The molecule has 1 aliphatic heterocycles. The van der Waals surface area contributed by atoms with Gasteiger partial charge < -0.3 is 9.42 Å². The number of likely N-dealkylation sites (tertiary alicyclic amines) is 1. The number of amides is 1. The van der Waals surface area contributed by atoms with E-state index in [9.17, 15) is 4.79 Å². The number of hydrogen-bond donors (Lipinski definition) is 0. The second-order valence-corrected chi connectivity index (χ2v) is 5.89. The molecule has 0 unspecified atom stereocenters. The Bertz CT molecular complexity index is 449. The van der Waals surface area contributed by atoms with Gasteiger partial charge in [-0.3, -0.25) is 4.79 Å². The van der Waals surface area contributed by atoms with Crippen molar-refractivity contribution < 1.29 is 9.32 Å². The zero-order valence-electron chi connectivity index (χ0n) is 11.6. The first-order valence-corrected chi connectivity index (χ1v) is 7.49. The Morgan fingerprint density at radius 3 is 2.74 bits per heavy atom. The van der Waals surface area contributed by atoms with Crippen LogP contribution in [-0.4, -0.2) is 22.5 Å². The summed E-state index contributed by atoms with van der Waals surface area (Å²) in [5, 5.41) is 4.11. The van der Waals surface area contributed by atoms with E-state index in [2.05, 4.69) is 5.16 Å². The standard InChI is InChI=1S/C15H22N2O2/c1-11-10-13(16-19-11)14-8-5-9-17(14)15(18)12-6-3-2-4-7-12/h10,12,14H,2-9H2,1H3/t14-/m1/s1. The molecule has 1 aromatic rings. The number of carbonyl (C=O) groups is 1. The minimum atomic E-state index is 0.145. The van der Waals surface area contributed by atoms with Crippen molar-refractivity contribution in [2.45, 2.75) is 57.9 Å². The van der Waals surface area contributed by atoms with Gasteiger partial charge in [0.05, 0.1) is 6.04 Å². The van der Waals surface area contributed by atoms with Crippen molar-refractivity contribution in [2.75, 3.05) is 6.54 Å². The quantitative estimate of drug-likeness (QED) is 0.822. The average molecular weight is 262 g/mol. The fourth-order valence-corrected chi connectivity index (χ4v) is 3.46. The third-order valence-corrected chi connectivity index (χ3v) is 4.48. The van der Waals surface area contributed by atoms with Crippen molar-refractivity contribution in [2.24, 2.45) is 5.92 Å². The molecule has 2 heterocycles. The van der Waals surface area contributed by atoms with Crippen molar-refractivity contribution in [1.82, 2.24) is 10.1 Å². The first-order chi connectivity index (χ1) is 9.25. The van der Waals surface area contributed by atoms with Crippen molar-refractivity contribution in [3.05, 3.63) is 17.5 Å². The van der Waals surface area contributed by atoms with E-state index in [1.165, 1.54) is 19.3 Å². The molecule has 0 spiro atoms. The monoisotopic (exact) mass is 262 g/mol. The predicted octanol–water partition coefficient (Wildman–Crippen LogP) is 3.23. The lowest BCUT2D eigenvalue weighted by molar-refractivity contribution is -0.137. The molecule has 1 aliphatic carbocycles. The van der Waals surface area contributed by atoms with Crippen LogP contribution in [0.3, 0.4) is 0 Å². The molecule has 4 heteroatoms. The minimum absolute atomic E-state index is 0.145. The lowest BCUT2D eigenvalue weighted by Gasteiger charge is -2.29. The SMILES string of the molecule is Cc1cc([C@H]2CCCN2C(=O)C2CCCCC2)no1. The van der Waals surface area contributed by atoms with E-state index in [4.69, 9.17) is 4.52 Å². The van der Waals surface area contributed by atoms with Gasteiger partial charge >= 0.3 is 0 Å². The molecule has 104 valence electrons. The summed E-state index contributed by atoms with van der Waals surface area (Å²) in [5.41, 5.74) is 0.930. The first kappa shape index (κ1) is 12.7. The van der Waals surface area contributed by atoms with Crippen LogP contribution < -0.4 is 0 Å². The highest BCUT2D eigenvalue weighted by Gasteiger charge is 2.35. The van der Waals surface area contributed by atoms with Gasteiger partial charge in [0.2, 0.25) is 5.91 Å². The number of carbonyl (C=O) groups excluding carboxylic acids is 1. The smallest absolute Gasteiger partial charge is 0.226 e. The number of nitrogens with zero attached hydrogens (tertiary/aromatic N) is 2. The molecule has 2 fully saturated rings. The molecule has 4 nitrogen and oxygen atoms in total. The van der Waals surface area contributed by atoms with Crippen LogP contribution in [0.2, 0.25) is 0 Å². The maximum absolute atomic E-state index is 12.7. The number of aromatic nitrogens is 1. The zero-order valence-corrected chi connectivity index (χ0v) is 11.6. The molecule has 1 aromatic heterocycles. The van der Waals surface area contributed by atoms with Crippen molar-refractivity contribution in [3.63, 3.8) is 0 Å². The fourth-order valence-electron chi connectivity index (χ4n) is 3.46. The Morgan fingerprint density at radius 1 is 1.26 bits per heavy atom. The van der Waals surface area contributed by atoms with Crippen molar-refractivity contribution >= 4 is 5.91 Å². The third kappa shape index (κ3) is 2.53. The Hall–Kier alpha value is -1.32. The highest BCUT2D eigenvalue weighted by atomic mass is 16.5. The largest absolute Gasteiger partial charge is 0.361 e. The molecule has 19 heavy (non-hydrogen) atoms. The highest BCUT2D eigenvalue weighted by Crippen LogP contribution is 2.35. The summed E-state index contributed by atoms with van der Waals surface area (Å²) in [6.45, 7) is 2.78. The Kier molecular flexibility index (Phi) is 3.58. The maximum atomic E-state index is 12.7. The topological polar surface area (TPSA) is 46.3 Å². The van der Waals surface area contributed by atoms with Crippen LogP contribution in [0, 0.1) is 12.8 Å². The third-order valence-electron chi connectivity index (χ3n) is 4.48. The molecular formula is C15H22N2O2. The molecule has 0 radical (unpaired) electrons. The Labute approximate surface area is 114 Å². The van der Waals surface area contributed by atoms with E-state index in [1.54, 1.807) is 0 Å². The van der Waals surface area contributed by atoms with E-state index in [0.29, 0.717) is 5.91 Å². The van der Waals surface area contributed by atoms with Gasteiger partial charge in [0.1, 0.15) is 11.5 Å². The van der Waals surface area contributed by atoms with E-state index in [-0.39, 0.29) is 12.0 Å². The van der Waals surface area contributed by atoms with Gasteiger partial charge in [-0.1, -0.05) is 24.4 Å². The Balaban J connectivity index is 1.73. The number of aryl methyl sites for hydroxylation is 1. The summed E-state index contributed by atoms with van der Waals surface area (Å²) >= 11 is 0. The molecule has 1 saturated heterocycles. The van der Waals surface area contributed by atoms with Crippen LogP contribution in [0.25, 0.3) is 0 Å². The Morgan fingerprint density at radius 2 is 2.05 bits per heavy atom. The molecule has 3 rings (SSSR count). The molecule has 1 atom stereocenters. The fraction of sp³-hybridized carbons (Fsp3) is 0.733. The van der Waals surface area contributed by atoms with Crippen molar-refractivity contribution in [3.8, 4) is 0 Å². The van der Waals surface area contributed by atoms with Crippen LogP contribution in [0.4, 0.5) is 0 Å². The molecule has 1 amide bonds. The van der Waals surface area contributed by atoms with Gasteiger partial charge in [0.15, 0.2) is 0 Å². The molecule has 0 N–H and O–H groups in total. The number of rotatable bonds is 2. The normalized spacial score (nSPS) is 24.9. The average Bonchev–Trinajstić information content (AvgIpc) is 3.07. The van der Waals surface area contributed by atoms with Gasteiger partial charge in [-0.15, -0.1) is 0 Å². The van der Waals surface area contributed by atoms with Crippen LogP contribution in [0.15, 0.2) is 10.6 Å². The van der Waals surface area contributed by atoms with E-state index in [0.717, 1.165) is 43.7 Å². The second-order valence-electron chi connectivity index (χ2n) is 5.89. The van der Waals surface area contributed by atoms with Crippen molar-refractivity contribution in [1.29, 1.82) is 0 Å². The van der Waals surface area contributed by atoms with E-state index in [1.807, 2.05) is 17.9 Å². The first-order valence-electron chi connectivity index (χ1n) is 7.49. The maximum Gasteiger partial charge on any atom is 0.226 e. The zero-order chi connectivity index (χ0) is 13.2. The van der Waals surface area contributed by atoms with E-state index < -0.39 is 0 Å². The highest BCUT2D eigenvalue weighted by molar-refractivity contribution is 5.79. The molecule has 0 aromatic carbocycles. The minimum Gasteiger partial charge on any atom is -0.361 e. The van der Waals surface area contributed by atoms with Gasteiger partial charge in [0, 0.05) is 18.5 Å². The van der Waals surface area contributed by atoms with Crippen LogP contribution in [-0.2, 0) is 4.79 Å². The van der Waals surface area contributed by atoms with E-state index >= 15 is 0 Å². The summed E-state index contributed by atoms with van der Waals surface area (Å²) < 4.78 is 5.16. The van der Waals surface area contributed by atoms with Crippen LogP contribution in [0.5, 0.6) is 0 Å². The second kappa shape index (κ2) is 5.35. The predicted molar refractivity (Wildman–Crippen MR) is 71.5 cm³/mol. The van der Waals surface area contributed by atoms with Crippen LogP contribution >= 0.6 is 0 Å². The lowest BCUT2D eigenvalue weighted by atomic mass is 9.88. The molecular weight excluding hydrogens is 240 g/mol. The van der Waals surface area contributed by atoms with Gasteiger partial charge in [0.25, 0.3) is 0 Å². The molecule has 1 saturated carbocycles. The van der Waals surface area contributed by atoms with Crippen LogP contribution in [0.1, 0.15) is 62.4 Å². The number of hydrogen-bond acceptors (Lipinski definition) is 3. The summed E-state index contributed by atoms with van der Waals surface area (Å²) in [7, 11) is 0. The molecule has 2 aliphatic rings. The van der Waals surface area contributed by atoms with Gasteiger partial charge in [-0.2, -0.15) is 0 Å². The molecule has 0 bridgehead atoms. The summed E-state index contributed by atoms with van der Waals surface area (Å²) in [6, 6.07) is 2.11.